The summed E-state index contributed by atoms with van der Waals surface area (Å²) in [5.41, 5.74) is 1.41. The highest BCUT2D eigenvalue weighted by molar-refractivity contribution is 5.98. The first-order valence-electron chi connectivity index (χ1n) is 6.96. The van der Waals surface area contributed by atoms with Crippen molar-refractivity contribution in [1.82, 2.24) is 10.6 Å². The fourth-order valence-corrected chi connectivity index (χ4v) is 2.02. The van der Waals surface area contributed by atoms with Crippen molar-refractivity contribution in [3.05, 3.63) is 35.4 Å². The van der Waals surface area contributed by atoms with E-state index in [0.717, 1.165) is 5.56 Å². The van der Waals surface area contributed by atoms with Crippen molar-refractivity contribution in [3.8, 4) is 6.07 Å². The van der Waals surface area contributed by atoms with Gasteiger partial charge in [0, 0.05) is 5.56 Å². The average molecular weight is 287 g/mol. The molecule has 0 radical (unpaired) electrons. The molecule has 1 rings (SSSR count). The van der Waals surface area contributed by atoms with E-state index in [1.54, 1.807) is 12.1 Å². The van der Waals surface area contributed by atoms with E-state index in [4.69, 9.17) is 5.26 Å². The number of nitrogens with one attached hydrogen (secondary N) is 2. The van der Waals surface area contributed by atoms with Crippen molar-refractivity contribution in [2.75, 3.05) is 6.54 Å². The van der Waals surface area contributed by atoms with Gasteiger partial charge in [0.15, 0.2) is 0 Å². The Morgan fingerprint density at radius 3 is 2.52 bits per heavy atom. The summed E-state index contributed by atoms with van der Waals surface area (Å²) in [6.45, 7) is 5.74. The zero-order valence-corrected chi connectivity index (χ0v) is 12.6. The Morgan fingerprint density at radius 2 is 1.95 bits per heavy atom. The van der Waals surface area contributed by atoms with Gasteiger partial charge in [-0.3, -0.25) is 9.59 Å². The average Bonchev–Trinajstić information content (AvgIpc) is 2.43. The summed E-state index contributed by atoms with van der Waals surface area (Å²) in [5.74, 6) is -0.349. The molecule has 0 bridgehead atoms. The zero-order valence-electron chi connectivity index (χ0n) is 12.6. The van der Waals surface area contributed by atoms with Crippen LogP contribution in [0.15, 0.2) is 24.3 Å². The molecule has 0 aliphatic heterocycles. The van der Waals surface area contributed by atoms with Crippen LogP contribution in [0.25, 0.3) is 0 Å². The van der Waals surface area contributed by atoms with Crippen LogP contribution in [0.5, 0.6) is 0 Å². The molecule has 0 spiro atoms. The maximum atomic E-state index is 12.3. The van der Waals surface area contributed by atoms with Crippen LogP contribution >= 0.6 is 0 Å². The number of rotatable bonds is 6. The Balaban J connectivity index is 2.81. The number of amides is 2. The van der Waals surface area contributed by atoms with Gasteiger partial charge in [-0.05, 0) is 30.9 Å². The highest BCUT2D eigenvalue weighted by atomic mass is 16.2. The van der Waals surface area contributed by atoms with Gasteiger partial charge in [-0.2, -0.15) is 5.26 Å². The summed E-state index contributed by atoms with van der Waals surface area (Å²) in [4.78, 5) is 24.3. The molecule has 0 heterocycles. The predicted octanol–water partition coefficient (Wildman–Crippen LogP) is 1.78. The van der Waals surface area contributed by atoms with Crippen molar-refractivity contribution in [2.24, 2.45) is 5.92 Å². The zero-order chi connectivity index (χ0) is 15.8. The number of benzene rings is 1. The van der Waals surface area contributed by atoms with E-state index in [0.29, 0.717) is 12.0 Å². The van der Waals surface area contributed by atoms with Gasteiger partial charge in [0.25, 0.3) is 5.91 Å². The minimum atomic E-state index is -0.634. The van der Waals surface area contributed by atoms with Gasteiger partial charge in [-0.25, -0.2) is 0 Å². The number of carbonyl (C=O) groups is 2. The Hall–Kier alpha value is -2.35. The SMILES string of the molecule is Cc1ccccc1C(=O)N[C@@H](CC(C)C)C(=O)NCC#N. The van der Waals surface area contributed by atoms with Crippen LogP contribution in [-0.2, 0) is 4.79 Å². The predicted molar refractivity (Wildman–Crippen MR) is 80.5 cm³/mol. The molecule has 0 aromatic heterocycles. The lowest BCUT2D eigenvalue weighted by Gasteiger charge is -2.20. The first kappa shape index (κ1) is 16.7. The van der Waals surface area contributed by atoms with E-state index in [1.807, 2.05) is 39.0 Å². The lowest BCUT2D eigenvalue weighted by atomic mass is 10.0. The molecule has 0 fully saturated rings. The van der Waals surface area contributed by atoms with Crippen LogP contribution in [0.4, 0.5) is 0 Å². The molecule has 2 N–H and O–H groups in total. The summed E-state index contributed by atoms with van der Waals surface area (Å²) in [5, 5.41) is 13.8. The minimum Gasteiger partial charge on any atom is -0.341 e. The Kier molecular flexibility index (Phi) is 6.41. The molecule has 0 aliphatic carbocycles. The molecule has 1 aromatic carbocycles. The fraction of sp³-hybridized carbons (Fsp3) is 0.438. The molecule has 0 saturated heterocycles. The lowest BCUT2D eigenvalue weighted by molar-refractivity contribution is -0.123. The molecular weight excluding hydrogens is 266 g/mol. The van der Waals surface area contributed by atoms with Crippen molar-refractivity contribution in [2.45, 2.75) is 33.2 Å². The molecule has 112 valence electrons. The van der Waals surface area contributed by atoms with Crippen LogP contribution in [0.3, 0.4) is 0 Å². The molecule has 0 saturated carbocycles. The summed E-state index contributed by atoms with van der Waals surface area (Å²) in [6.07, 6.45) is 0.523. The van der Waals surface area contributed by atoms with E-state index >= 15 is 0 Å². The smallest absolute Gasteiger partial charge is 0.252 e. The minimum absolute atomic E-state index is 0.0618. The maximum absolute atomic E-state index is 12.3. The number of aryl methyl sites for hydroxylation is 1. The molecule has 2 amide bonds. The second kappa shape index (κ2) is 8.05. The number of hydrogen-bond donors (Lipinski definition) is 2. The van der Waals surface area contributed by atoms with Gasteiger partial charge < -0.3 is 10.6 Å². The van der Waals surface area contributed by atoms with Crippen LogP contribution < -0.4 is 10.6 Å². The van der Waals surface area contributed by atoms with Crippen LogP contribution in [0.2, 0.25) is 0 Å². The Bertz CT molecular complexity index is 547. The molecule has 21 heavy (non-hydrogen) atoms. The van der Waals surface area contributed by atoms with Gasteiger partial charge in [-0.1, -0.05) is 32.0 Å². The molecule has 5 heteroatoms. The topological polar surface area (TPSA) is 82.0 Å². The quantitative estimate of drug-likeness (QED) is 0.782. The summed E-state index contributed by atoms with van der Waals surface area (Å²) in [6, 6.07) is 8.44. The highest BCUT2D eigenvalue weighted by Gasteiger charge is 2.22. The largest absolute Gasteiger partial charge is 0.341 e. The third kappa shape index (κ3) is 5.27. The van der Waals surface area contributed by atoms with E-state index in [2.05, 4.69) is 10.6 Å². The molecule has 0 unspecified atom stereocenters. The molecule has 1 aromatic rings. The Labute approximate surface area is 125 Å². The lowest BCUT2D eigenvalue weighted by Crippen LogP contribution is -2.47. The van der Waals surface area contributed by atoms with Crippen molar-refractivity contribution in [3.63, 3.8) is 0 Å². The van der Waals surface area contributed by atoms with Crippen LogP contribution in [-0.4, -0.2) is 24.4 Å². The van der Waals surface area contributed by atoms with Gasteiger partial charge in [0.1, 0.15) is 12.6 Å². The summed E-state index contributed by atoms with van der Waals surface area (Å²) < 4.78 is 0. The third-order valence-electron chi connectivity index (χ3n) is 3.06. The Morgan fingerprint density at radius 1 is 1.29 bits per heavy atom. The van der Waals surface area contributed by atoms with E-state index in [9.17, 15) is 9.59 Å². The molecule has 1 atom stereocenters. The maximum Gasteiger partial charge on any atom is 0.252 e. The van der Waals surface area contributed by atoms with Crippen molar-refractivity contribution >= 4 is 11.8 Å². The van der Waals surface area contributed by atoms with Gasteiger partial charge in [0.05, 0.1) is 6.07 Å². The van der Waals surface area contributed by atoms with Gasteiger partial charge in [0.2, 0.25) is 5.91 Å². The van der Waals surface area contributed by atoms with Crippen LogP contribution in [0.1, 0.15) is 36.2 Å². The van der Waals surface area contributed by atoms with Crippen LogP contribution in [0, 0.1) is 24.2 Å². The second-order valence-electron chi connectivity index (χ2n) is 5.35. The van der Waals surface area contributed by atoms with E-state index in [1.165, 1.54) is 0 Å². The van der Waals surface area contributed by atoms with E-state index in [-0.39, 0.29) is 24.3 Å². The summed E-state index contributed by atoms with van der Waals surface area (Å²) >= 11 is 0. The standard InChI is InChI=1S/C16H21N3O2/c1-11(2)10-14(16(21)18-9-8-17)19-15(20)13-7-5-4-6-12(13)3/h4-7,11,14H,9-10H2,1-3H3,(H,18,21)(H,19,20)/t14-/m0/s1. The number of carbonyl (C=O) groups excluding carboxylic acids is 2. The molecule has 5 nitrogen and oxygen atoms in total. The van der Waals surface area contributed by atoms with Gasteiger partial charge in [-0.15, -0.1) is 0 Å². The monoisotopic (exact) mass is 287 g/mol. The number of hydrogen-bond acceptors (Lipinski definition) is 3. The van der Waals surface area contributed by atoms with Crippen molar-refractivity contribution in [1.29, 1.82) is 5.26 Å². The van der Waals surface area contributed by atoms with Gasteiger partial charge >= 0.3 is 0 Å². The highest BCUT2D eigenvalue weighted by Crippen LogP contribution is 2.10. The normalized spacial score (nSPS) is 11.6. The van der Waals surface area contributed by atoms with E-state index < -0.39 is 6.04 Å². The molecular formula is C16H21N3O2. The summed E-state index contributed by atoms with van der Waals surface area (Å²) in [7, 11) is 0. The third-order valence-corrected chi connectivity index (χ3v) is 3.06. The number of nitrogens with zero attached hydrogens (tertiary/aromatic N) is 1. The fourth-order valence-electron chi connectivity index (χ4n) is 2.02. The number of nitriles is 1. The van der Waals surface area contributed by atoms with Crippen molar-refractivity contribution < 1.29 is 9.59 Å². The first-order chi connectivity index (χ1) is 9.95. The first-order valence-corrected chi connectivity index (χ1v) is 6.96. The molecule has 0 aliphatic rings. The second-order valence-corrected chi connectivity index (χ2v) is 5.35.